The van der Waals surface area contributed by atoms with Crippen molar-refractivity contribution in [3.05, 3.63) is 15.6 Å². The number of nitrogens with one attached hydrogen (secondary N) is 1. The van der Waals surface area contributed by atoms with Gasteiger partial charge in [-0.1, -0.05) is 13.3 Å². The van der Waals surface area contributed by atoms with Gasteiger partial charge in [0.1, 0.15) is 5.01 Å². The van der Waals surface area contributed by atoms with Crippen LogP contribution in [0.3, 0.4) is 0 Å². The second kappa shape index (κ2) is 5.08. The molecule has 0 radical (unpaired) electrons. The van der Waals surface area contributed by atoms with Crippen LogP contribution >= 0.6 is 11.3 Å². The van der Waals surface area contributed by atoms with Crippen molar-refractivity contribution in [3.63, 3.8) is 0 Å². The predicted molar refractivity (Wildman–Crippen MR) is 65.5 cm³/mol. The maximum atomic E-state index is 4.80. The molecule has 0 fully saturated rings. The zero-order valence-corrected chi connectivity index (χ0v) is 10.5. The molecule has 1 aliphatic carbocycles. The van der Waals surface area contributed by atoms with E-state index in [4.69, 9.17) is 4.98 Å². The average Bonchev–Trinajstić information content (AvgIpc) is 2.69. The quantitative estimate of drug-likeness (QED) is 0.850. The fraction of sp³-hybridized carbons (Fsp3) is 0.750. The summed E-state index contributed by atoms with van der Waals surface area (Å²) in [6, 6.07) is 0.477. The van der Waals surface area contributed by atoms with Crippen LogP contribution in [0.15, 0.2) is 0 Å². The number of thiazole rings is 1. The summed E-state index contributed by atoms with van der Waals surface area (Å²) in [6.45, 7) is 2.23. The fourth-order valence-electron chi connectivity index (χ4n) is 2.20. The Morgan fingerprint density at radius 2 is 2.20 bits per heavy atom. The van der Waals surface area contributed by atoms with E-state index >= 15 is 0 Å². The lowest BCUT2D eigenvalue weighted by atomic mass is 10.0. The number of aromatic nitrogens is 1. The van der Waals surface area contributed by atoms with E-state index in [0.29, 0.717) is 6.04 Å². The zero-order valence-electron chi connectivity index (χ0n) is 9.68. The highest BCUT2D eigenvalue weighted by atomic mass is 32.1. The molecular weight excluding hydrogens is 204 g/mol. The third-order valence-electron chi connectivity index (χ3n) is 3.09. The standard InChI is InChI=1S/C12H20N2S/c1-3-6-10(13-2)12-14-9-7-4-5-8-11(9)15-12/h10,13H,3-8H2,1-2H3. The van der Waals surface area contributed by atoms with Crippen LogP contribution in [-0.4, -0.2) is 12.0 Å². The van der Waals surface area contributed by atoms with E-state index in [1.165, 1.54) is 49.2 Å². The third kappa shape index (κ3) is 2.40. The van der Waals surface area contributed by atoms with Gasteiger partial charge in [-0.3, -0.25) is 0 Å². The van der Waals surface area contributed by atoms with Gasteiger partial charge in [-0.15, -0.1) is 11.3 Å². The van der Waals surface area contributed by atoms with Crippen LogP contribution in [0.4, 0.5) is 0 Å². The Balaban J connectivity index is 2.16. The van der Waals surface area contributed by atoms with Gasteiger partial charge in [-0.25, -0.2) is 4.98 Å². The molecule has 0 spiro atoms. The Hall–Kier alpha value is -0.410. The van der Waals surface area contributed by atoms with Crippen LogP contribution in [0.1, 0.15) is 54.2 Å². The van der Waals surface area contributed by atoms with Gasteiger partial charge in [0.15, 0.2) is 0 Å². The Morgan fingerprint density at radius 3 is 2.87 bits per heavy atom. The highest BCUT2D eigenvalue weighted by Gasteiger charge is 2.19. The van der Waals surface area contributed by atoms with Crippen LogP contribution in [0.25, 0.3) is 0 Å². The van der Waals surface area contributed by atoms with Gasteiger partial charge < -0.3 is 5.32 Å². The lowest BCUT2D eigenvalue weighted by molar-refractivity contribution is 0.536. The summed E-state index contributed by atoms with van der Waals surface area (Å²) in [6.07, 6.45) is 7.56. The number of nitrogens with zero attached hydrogens (tertiary/aromatic N) is 1. The van der Waals surface area contributed by atoms with Crippen molar-refractivity contribution in [1.82, 2.24) is 10.3 Å². The van der Waals surface area contributed by atoms with Crippen molar-refractivity contribution >= 4 is 11.3 Å². The van der Waals surface area contributed by atoms with Crippen LogP contribution in [0, 0.1) is 0 Å². The molecular formula is C12H20N2S. The molecule has 1 unspecified atom stereocenters. The SMILES string of the molecule is CCCC(NC)c1nc2c(s1)CCCC2. The number of hydrogen-bond donors (Lipinski definition) is 1. The van der Waals surface area contributed by atoms with E-state index in [-0.39, 0.29) is 0 Å². The van der Waals surface area contributed by atoms with Gasteiger partial charge in [-0.05, 0) is 39.2 Å². The van der Waals surface area contributed by atoms with Crippen molar-refractivity contribution in [3.8, 4) is 0 Å². The van der Waals surface area contributed by atoms with Gasteiger partial charge >= 0.3 is 0 Å². The second-order valence-corrected chi connectivity index (χ2v) is 5.37. The Kier molecular flexibility index (Phi) is 3.76. The summed E-state index contributed by atoms with van der Waals surface area (Å²) in [5, 5.41) is 4.69. The van der Waals surface area contributed by atoms with E-state index in [2.05, 4.69) is 12.2 Å². The van der Waals surface area contributed by atoms with Gasteiger partial charge in [0.05, 0.1) is 11.7 Å². The molecule has 3 heteroatoms. The molecule has 0 bridgehead atoms. The van der Waals surface area contributed by atoms with Gasteiger partial charge in [-0.2, -0.15) is 0 Å². The molecule has 0 saturated heterocycles. The minimum Gasteiger partial charge on any atom is -0.311 e. The molecule has 0 amide bonds. The van der Waals surface area contributed by atoms with Crippen molar-refractivity contribution in [2.45, 2.75) is 51.5 Å². The van der Waals surface area contributed by atoms with Crippen molar-refractivity contribution < 1.29 is 0 Å². The Labute approximate surface area is 96.1 Å². The van der Waals surface area contributed by atoms with Crippen LogP contribution in [0.2, 0.25) is 0 Å². The molecule has 1 atom stereocenters. The molecule has 2 nitrogen and oxygen atoms in total. The normalized spacial score (nSPS) is 17.5. The Morgan fingerprint density at radius 1 is 1.40 bits per heavy atom. The Bertz CT molecular complexity index is 296. The number of hydrogen-bond acceptors (Lipinski definition) is 3. The molecule has 1 N–H and O–H groups in total. The van der Waals surface area contributed by atoms with E-state index in [1.807, 2.05) is 18.4 Å². The van der Waals surface area contributed by atoms with E-state index in [9.17, 15) is 0 Å². The maximum absolute atomic E-state index is 4.80. The molecule has 1 aromatic rings. The highest BCUT2D eigenvalue weighted by molar-refractivity contribution is 7.11. The van der Waals surface area contributed by atoms with Crippen molar-refractivity contribution in [2.24, 2.45) is 0 Å². The topological polar surface area (TPSA) is 24.9 Å². The molecule has 0 aliphatic heterocycles. The number of aryl methyl sites for hydroxylation is 2. The average molecular weight is 224 g/mol. The van der Waals surface area contributed by atoms with Gasteiger partial charge in [0, 0.05) is 4.88 Å². The summed E-state index contributed by atoms with van der Waals surface area (Å²) in [5.41, 5.74) is 1.39. The van der Waals surface area contributed by atoms with Gasteiger partial charge in [0.2, 0.25) is 0 Å². The molecule has 1 aliphatic rings. The summed E-state index contributed by atoms with van der Waals surface area (Å²) in [4.78, 5) is 6.35. The predicted octanol–water partition coefficient (Wildman–Crippen LogP) is 3.08. The van der Waals surface area contributed by atoms with E-state index in [1.54, 1.807) is 4.88 Å². The number of fused-ring (bicyclic) bond motifs is 1. The third-order valence-corrected chi connectivity index (χ3v) is 4.36. The maximum Gasteiger partial charge on any atom is 0.110 e. The summed E-state index contributed by atoms with van der Waals surface area (Å²) in [5.74, 6) is 0. The summed E-state index contributed by atoms with van der Waals surface area (Å²) >= 11 is 1.93. The monoisotopic (exact) mass is 224 g/mol. The minimum absolute atomic E-state index is 0.477. The number of rotatable bonds is 4. The van der Waals surface area contributed by atoms with E-state index in [0.717, 1.165) is 0 Å². The summed E-state index contributed by atoms with van der Waals surface area (Å²) in [7, 11) is 2.04. The van der Waals surface area contributed by atoms with Crippen molar-refractivity contribution in [2.75, 3.05) is 7.05 Å². The zero-order chi connectivity index (χ0) is 10.7. The van der Waals surface area contributed by atoms with Crippen LogP contribution < -0.4 is 5.32 Å². The van der Waals surface area contributed by atoms with Crippen LogP contribution in [0.5, 0.6) is 0 Å². The molecule has 1 heterocycles. The first kappa shape index (κ1) is 11.1. The minimum atomic E-state index is 0.477. The fourth-order valence-corrected chi connectivity index (χ4v) is 3.50. The summed E-state index contributed by atoms with van der Waals surface area (Å²) < 4.78 is 0. The molecule has 1 aromatic heterocycles. The second-order valence-electron chi connectivity index (χ2n) is 4.26. The first-order valence-electron chi connectivity index (χ1n) is 6.01. The molecule has 84 valence electrons. The first-order valence-corrected chi connectivity index (χ1v) is 6.82. The molecule has 0 aromatic carbocycles. The molecule has 15 heavy (non-hydrogen) atoms. The molecule has 2 rings (SSSR count). The van der Waals surface area contributed by atoms with E-state index < -0.39 is 0 Å². The smallest absolute Gasteiger partial charge is 0.110 e. The van der Waals surface area contributed by atoms with Crippen LogP contribution in [-0.2, 0) is 12.8 Å². The lowest BCUT2D eigenvalue weighted by Crippen LogP contribution is -2.15. The molecule has 0 saturated carbocycles. The first-order chi connectivity index (χ1) is 7.35. The lowest BCUT2D eigenvalue weighted by Gasteiger charge is -2.11. The van der Waals surface area contributed by atoms with Crippen molar-refractivity contribution in [1.29, 1.82) is 0 Å². The highest BCUT2D eigenvalue weighted by Crippen LogP contribution is 2.31. The largest absolute Gasteiger partial charge is 0.311 e. The van der Waals surface area contributed by atoms with Gasteiger partial charge in [0.25, 0.3) is 0 Å².